The van der Waals surface area contributed by atoms with Crippen molar-refractivity contribution >= 4 is 16.5 Å². The van der Waals surface area contributed by atoms with Gasteiger partial charge in [-0.05, 0) is 24.0 Å². The number of hydrogen-bond donors (Lipinski definition) is 1. The van der Waals surface area contributed by atoms with Crippen LogP contribution in [0.25, 0.3) is 0 Å². The smallest absolute Gasteiger partial charge is 0.185 e. The maximum Gasteiger partial charge on any atom is 0.185 e. The molecule has 0 spiro atoms. The highest BCUT2D eigenvalue weighted by molar-refractivity contribution is 7.15. The Morgan fingerprint density at radius 3 is 2.39 bits per heavy atom. The summed E-state index contributed by atoms with van der Waals surface area (Å²) in [5, 5.41) is 1.11. The van der Waals surface area contributed by atoms with E-state index in [9.17, 15) is 0 Å². The van der Waals surface area contributed by atoms with E-state index in [4.69, 9.17) is 5.73 Å². The van der Waals surface area contributed by atoms with Crippen molar-refractivity contribution in [3.63, 3.8) is 0 Å². The molecule has 4 heteroatoms. The van der Waals surface area contributed by atoms with Crippen molar-refractivity contribution in [2.24, 2.45) is 5.73 Å². The Hall–Kier alpha value is -1.39. The molecular weight excluding hydrogens is 242 g/mol. The van der Waals surface area contributed by atoms with Gasteiger partial charge in [0.1, 0.15) is 0 Å². The van der Waals surface area contributed by atoms with Crippen molar-refractivity contribution in [1.82, 2.24) is 4.98 Å². The van der Waals surface area contributed by atoms with Crippen molar-refractivity contribution in [2.75, 3.05) is 18.0 Å². The summed E-state index contributed by atoms with van der Waals surface area (Å²) in [5.74, 6) is 0. The van der Waals surface area contributed by atoms with Gasteiger partial charge in [-0.3, -0.25) is 0 Å². The Morgan fingerprint density at radius 1 is 1.17 bits per heavy atom. The van der Waals surface area contributed by atoms with Gasteiger partial charge in [0.25, 0.3) is 0 Å². The molecule has 0 radical (unpaired) electrons. The van der Waals surface area contributed by atoms with E-state index in [1.807, 2.05) is 6.20 Å². The molecule has 1 aliphatic rings. The Bertz CT molecular complexity index is 508. The number of rotatable bonds is 2. The van der Waals surface area contributed by atoms with Crippen molar-refractivity contribution in [3.8, 4) is 0 Å². The minimum absolute atomic E-state index is 0.589. The minimum Gasteiger partial charge on any atom is -0.347 e. The molecule has 0 unspecified atom stereocenters. The van der Waals surface area contributed by atoms with E-state index in [0.29, 0.717) is 6.54 Å². The zero-order chi connectivity index (χ0) is 12.4. The summed E-state index contributed by atoms with van der Waals surface area (Å²) in [4.78, 5) is 8.02. The number of benzene rings is 1. The molecule has 3 nitrogen and oxygen atoms in total. The van der Waals surface area contributed by atoms with E-state index in [1.165, 1.54) is 11.1 Å². The molecule has 18 heavy (non-hydrogen) atoms. The number of nitrogens with two attached hydrogens (primary N) is 1. The normalized spacial score (nSPS) is 15.3. The topological polar surface area (TPSA) is 42.1 Å². The second kappa shape index (κ2) is 5.08. The molecule has 1 aromatic heterocycles. The largest absolute Gasteiger partial charge is 0.347 e. The second-order valence-corrected chi connectivity index (χ2v) is 5.66. The molecule has 0 atom stereocenters. The number of hydrogen-bond acceptors (Lipinski definition) is 4. The van der Waals surface area contributed by atoms with Crippen LogP contribution < -0.4 is 10.6 Å². The van der Waals surface area contributed by atoms with Crippen molar-refractivity contribution in [1.29, 1.82) is 0 Å². The monoisotopic (exact) mass is 259 g/mol. The van der Waals surface area contributed by atoms with Crippen LogP contribution in [-0.2, 0) is 19.4 Å². The Kier molecular flexibility index (Phi) is 3.30. The van der Waals surface area contributed by atoms with Crippen molar-refractivity contribution in [2.45, 2.75) is 19.4 Å². The number of thiazole rings is 1. The first-order valence-electron chi connectivity index (χ1n) is 6.33. The molecule has 0 saturated heterocycles. The maximum absolute atomic E-state index is 5.64. The molecule has 1 aliphatic heterocycles. The summed E-state index contributed by atoms with van der Waals surface area (Å²) >= 11 is 1.72. The predicted octanol–water partition coefficient (Wildman–Crippen LogP) is 2.21. The van der Waals surface area contributed by atoms with E-state index in [-0.39, 0.29) is 0 Å². The van der Waals surface area contributed by atoms with Gasteiger partial charge in [0.15, 0.2) is 5.13 Å². The number of anilines is 1. The molecule has 0 amide bonds. The quantitative estimate of drug-likeness (QED) is 0.899. The number of fused-ring (bicyclic) bond motifs is 1. The third-order valence-electron chi connectivity index (χ3n) is 3.43. The SMILES string of the molecule is NCc1cnc(N2CCc3ccccc3CC2)s1. The summed E-state index contributed by atoms with van der Waals surface area (Å²) in [6.45, 7) is 2.69. The van der Waals surface area contributed by atoms with Gasteiger partial charge in [0.2, 0.25) is 0 Å². The fraction of sp³-hybridized carbons (Fsp3) is 0.357. The van der Waals surface area contributed by atoms with Gasteiger partial charge in [-0.25, -0.2) is 4.98 Å². The second-order valence-electron chi connectivity index (χ2n) is 4.57. The van der Waals surface area contributed by atoms with Crippen LogP contribution in [0.15, 0.2) is 30.5 Å². The first-order chi connectivity index (χ1) is 8.86. The van der Waals surface area contributed by atoms with E-state index < -0.39 is 0 Å². The molecule has 2 aromatic rings. The molecule has 3 rings (SSSR count). The average Bonchev–Trinajstić information content (AvgIpc) is 2.79. The average molecular weight is 259 g/mol. The van der Waals surface area contributed by atoms with Gasteiger partial charge in [-0.15, -0.1) is 11.3 Å². The Morgan fingerprint density at radius 2 is 1.83 bits per heavy atom. The minimum atomic E-state index is 0.589. The van der Waals surface area contributed by atoms with Crippen LogP contribution in [0.3, 0.4) is 0 Å². The molecule has 1 aromatic carbocycles. The fourth-order valence-electron chi connectivity index (χ4n) is 2.40. The van der Waals surface area contributed by atoms with Gasteiger partial charge in [0, 0.05) is 30.7 Å². The summed E-state index contributed by atoms with van der Waals surface area (Å²) in [6, 6.07) is 8.74. The first-order valence-corrected chi connectivity index (χ1v) is 7.15. The van der Waals surface area contributed by atoms with Crippen molar-refractivity contribution in [3.05, 3.63) is 46.5 Å². The number of aromatic nitrogens is 1. The molecule has 2 N–H and O–H groups in total. The summed E-state index contributed by atoms with van der Waals surface area (Å²) in [7, 11) is 0. The lowest BCUT2D eigenvalue weighted by Gasteiger charge is -2.18. The van der Waals surface area contributed by atoms with Gasteiger partial charge in [0.05, 0.1) is 0 Å². The zero-order valence-corrected chi connectivity index (χ0v) is 11.1. The third kappa shape index (κ3) is 2.26. The predicted molar refractivity (Wildman–Crippen MR) is 76.1 cm³/mol. The molecule has 94 valence electrons. The lowest BCUT2D eigenvalue weighted by Crippen LogP contribution is -2.25. The van der Waals surface area contributed by atoms with Gasteiger partial charge >= 0.3 is 0 Å². The summed E-state index contributed by atoms with van der Waals surface area (Å²) < 4.78 is 0. The first kappa shape index (κ1) is 11.7. The lowest BCUT2D eigenvalue weighted by atomic mass is 10.0. The molecule has 0 fully saturated rings. The van der Waals surface area contributed by atoms with Crippen LogP contribution >= 0.6 is 11.3 Å². The third-order valence-corrected chi connectivity index (χ3v) is 4.51. The number of nitrogens with zero attached hydrogens (tertiary/aromatic N) is 2. The molecule has 0 saturated carbocycles. The fourth-order valence-corrected chi connectivity index (χ4v) is 3.24. The molecule has 0 aliphatic carbocycles. The van der Waals surface area contributed by atoms with Crippen LogP contribution in [-0.4, -0.2) is 18.1 Å². The van der Waals surface area contributed by atoms with E-state index >= 15 is 0 Å². The van der Waals surface area contributed by atoms with Crippen LogP contribution in [0.4, 0.5) is 5.13 Å². The highest BCUT2D eigenvalue weighted by Crippen LogP contribution is 2.25. The van der Waals surface area contributed by atoms with E-state index in [0.717, 1.165) is 35.9 Å². The van der Waals surface area contributed by atoms with Gasteiger partial charge in [-0.2, -0.15) is 0 Å². The summed E-state index contributed by atoms with van der Waals surface area (Å²) in [6.07, 6.45) is 4.11. The lowest BCUT2D eigenvalue weighted by molar-refractivity contribution is 0.801. The van der Waals surface area contributed by atoms with Crippen LogP contribution in [0.5, 0.6) is 0 Å². The van der Waals surface area contributed by atoms with Crippen LogP contribution in [0.2, 0.25) is 0 Å². The molecule has 2 heterocycles. The zero-order valence-electron chi connectivity index (χ0n) is 10.3. The summed E-state index contributed by atoms with van der Waals surface area (Å²) in [5.41, 5.74) is 8.61. The maximum atomic E-state index is 5.64. The van der Waals surface area contributed by atoms with E-state index in [1.54, 1.807) is 11.3 Å². The van der Waals surface area contributed by atoms with Gasteiger partial charge in [-0.1, -0.05) is 24.3 Å². The molecular formula is C14H17N3S. The Labute approximate surface area is 111 Å². The highest BCUT2D eigenvalue weighted by Gasteiger charge is 2.16. The standard InChI is InChI=1S/C14H17N3S/c15-9-13-10-16-14(18-13)17-7-5-11-3-1-2-4-12(11)6-8-17/h1-4,10H,5-9,15H2. The van der Waals surface area contributed by atoms with E-state index in [2.05, 4.69) is 34.1 Å². The Balaban J connectivity index is 1.78. The van der Waals surface area contributed by atoms with Crippen molar-refractivity contribution < 1.29 is 0 Å². The van der Waals surface area contributed by atoms with Crippen LogP contribution in [0.1, 0.15) is 16.0 Å². The highest BCUT2D eigenvalue weighted by atomic mass is 32.1. The van der Waals surface area contributed by atoms with Crippen LogP contribution in [0, 0.1) is 0 Å². The molecule has 0 bridgehead atoms. The van der Waals surface area contributed by atoms with Gasteiger partial charge < -0.3 is 10.6 Å².